The number of hydrogen-bond acceptors (Lipinski definition) is 2. The first kappa shape index (κ1) is 18.2. The van der Waals surface area contributed by atoms with E-state index in [4.69, 9.17) is 0 Å². The summed E-state index contributed by atoms with van der Waals surface area (Å²) in [5.74, 6) is -0.190. The van der Waals surface area contributed by atoms with Crippen LogP contribution in [0.3, 0.4) is 0 Å². The Morgan fingerprint density at radius 1 is 0.741 bits per heavy atom. The van der Waals surface area contributed by atoms with Crippen LogP contribution in [0.2, 0.25) is 0 Å². The minimum atomic E-state index is -0.298. The smallest absolute Gasteiger partial charge is 0.319 e. The highest BCUT2D eigenvalue weighted by Gasteiger charge is 2.11. The summed E-state index contributed by atoms with van der Waals surface area (Å²) in [6.07, 6.45) is 0. The Morgan fingerprint density at radius 3 is 2.00 bits per heavy atom. The Kier molecular flexibility index (Phi) is 5.84. The van der Waals surface area contributed by atoms with Crippen molar-refractivity contribution in [1.29, 1.82) is 0 Å². The zero-order valence-electron chi connectivity index (χ0n) is 15.0. The van der Waals surface area contributed by atoms with E-state index in [9.17, 15) is 9.59 Å². The topological polar surface area (TPSA) is 70.2 Å². The fourth-order valence-corrected chi connectivity index (χ4v) is 2.64. The van der Waals surface area contributed by atoms with Crippen molar-refractivity contribution in [2.75, 3.05) is 10.6 Å². The molecule has 0 unspecified atom stereocenters. The third kappa shape index (κ3) is 4.95. The lowest BCUT2D eigenvalue weighted by Gasteiger charge is -2.14. The van der Waals surface area contributed by atoms with Crippen molar-refractivity contribution in [2.24, 2.45) is 0 Å². The maximum Gasteiger partial charge on any atom is 0.319 e. The first-order valence-corrected chi connectivity index (χ1v) is 8.68. The van der Waals surface area contributed by atoms with E-state index < -0.39 is 0 Å². The molecule has 0 aliphatic carbocycles. The van der Waals surface area contributed by atoms with E-state index in [2.05, 4.69) is 16.0 Å². The van der Waals surface area contributed by atoms with Crippen LogP contribution in [0.25, 0.3) is 0 Å². The van der Waals surface area contributed by atoms with Gasteiger partial charge >= 0.3 is 6.03 Å². The van der Waals surface area contributed by atoms with Gasteiger partial charge in [-0.05, 0) is 42.3 Å². The highest BCUT2D eigenvalue weighted by molar-refractivity contribution is 6.05. The largest absolute Gasteiger partial charge is 0.334 e. The number of carbonyl (C=O) groups excluding carboxylic acids is 2. The highest BCUT2D eigenvalue weighted by Crippen LogP contribution is 2.24. The van der Waals surface area contributed by atoms with E-state index >= 15 is 0 Å². The minimum Gasteiger partial charge on any atom is -0.334 e. The molecule has 0 saturated carbocycles. The van der Waals surface area contributed by atoms with E-state index in [0.717, 1.165) is 11.1 Å². The van der Waals surface area contributed by atoms with Crippen molar-refractivity contribution < 1.29 is 9.59 Å². The van der Waals surface area contributed by atoms with Gasteiger partial charge in [0.2, 0.25) is 0 Å². The second-order valence-corrected chi connectivity index (χ2v) is 6.09. The van der Waals surface area contributed by atoms with E-state index in [0.29, 0.717) is 23.5 Å². The Morgan fingerprint density at radius 2 is 1.33 bits per heavy atom. The Balaban J connectivity index is 1.64. The van der Waals surface area contributed by atoms with E-state index in [1.807, 2.05) is 61.5 Å². The molecule has 0 aliphatic heterocycles. The van der Waals surface area contributed by atoms with Crippen LogP contribution in [0.15, 0.2) is 78.9 Å². The van der Waals surface area contributed by atoms with Gasteiger partial charge in [0.25, 0.3) is 5.91 Å². The molecule has 3 aromatic rings. The van der Waals surface area contributed by atoms with E-state index in [1.54, 1.807) is 24.3 Å². The van der Waals surface area contributed by atoms with Crippen LogP contribution in [0.5, 0.6) is 0 Å². The van der Waals surface area contributed by atoms with Crippen LogP contribution >= 0.6 is 0 Å². The van der Waals surface area contributed by atoms with Gasteiger partial charge in [-0.25, -0.2) is 4.79 Å². The van der Waals surface area contributed by atoms with Gasteiger partial charge in [-0.15, -0.1) is 0 Å². The second kappa shape index (κ2) is 8.67. The van der Waals surface area contributed by atoms with E-state index in [1.165, 1.54) is 0 Å². The van der Waals surface area contributed by atoms with Gasteiger partial charge in [0, 0.05) is 23.5 Å². The molecule has 0 atom stereocenters. The molecule has 3 amide bonds. The number of hydrogen-bond donors (Lipinski definition) is 3. The monoisotopic (exact) mass is 359 g/mol. The summed E-state index contributed by atoms with van der Waals surface area (Å²) >= 11 is 0. The minimum absolute atomic E-state index is 0.190. The average molecular weight is 359 g/mol. The number of benzene rings is 3. The first-order valence-electron chi connectivity index (χ1n) is 8.68. The average Bonchev–Trinajstić information content (AvgIpc) is 2.71. The Hall–Kier alpha value is -3.60. The van der Waals surface area contributed by atoms with Crippen LogP contribution in [-0.2, 0) is 6.54 Å². The molecule has 5 heteroatoms. The molecule has 0 saturated heterocycles. The molecule has 3 aromatic carbocycles. The van der Waals surface area contributed by atoms with Crippen LogP contribution in [-0.4, -0.2) is 11.9 Å². The molecular formula is C22H21N3O2. The van der Waals surface area contributed by atoms with Gasteiger partial charge in [0.15, 0.2) is 0 Å². The van der Waals surface area contributed by atoms with Crippen LogP contribution in [0.4, 0.5) is 16.2 Å². The molecule has 0 spiro atoms. The van der Waals surface area contributed by atoms with Gasteiger partial charge in [0.05, 0.1) is 0 Å². The normalized spacial score (nSPS) is 10.1. The zero-order chi connectivity index (χ0) is 19.1. The lowest BCUT2D eigenvalue weighted by atomic mass is 10.1. The van der Waals surface area contributed by atoms with Crippen molar-refractivity contribution in [3.8, 4) is 0 Å². The van der Waals surface area contributed by atoms with Crippen molar-refractivity contribution in [2.45, 2.75) is 13.5 Å². The maximum atomic E-state index is 12.3. The molecule has 5 nitrogen and oxygen atoms in total. The van der Waals surface area contributed by atoms with Crippen molar-refractivity contribution in [1.82, 2.24) is 5.32 Å². The number of carbonyl (C=O) groups is 2. The molecule has 3 rings (SSSR count). The molecule has 0 bridgehead atoms. The predicted molar refractivity (Wildman–Crippen MR) is 108 cm³/mol. The fourth-order valence-electron chi connectivity index (χ4n) is 2.64. The molecule has 0 aliphatic rings. The molecule has 27 heavy (non-hydrogen) atoms. The Bertz CT molecular complexity index is 925. The summed E-state index contributed by atoms with van der Waals surface area (Å²) in [4.78, 5) is 24.5. The number of rotatable bonds is 5. The molecule has 3 N–H and O–H groups in total. The summed E-state index contributed by atoms with van der Waals surface area (Å²) in [5.41, 5.74) is 3.69. The third-order valence-corrected chi connectivity index (χ3v) is 4.16. The van der Waals surface area contributed by atoms with Gasteiger partial charge in [-0.3, -0.25) is 4.79 Å². The zero-order valence-corrected chi connectivity index (χ0v) is 15.0. The Labute approximate surface area is 158 Å². The first-order chi connectivity index (χ1) is 13.1. The number of amides is 3. The van der Waals surface area contributed by atoms with Crippen LogP contribution in [0, 0.1) is 6.92 Å². The van der Waals surface area contributed by atoms with Gasteiger partial charge in [-0.1, -0.05) is 54.6 Å². The molecule has 0 fully saturated rings. The van der Waals surface area contributed by atoms with Crippen LogP contribution in [0.1, 0.15) is 21.5 Å². The lowest BCUT2D eigenvalue weighted by molar-refractivity contribution is 0.102. The molecule has 0 aromatic heterocycles. The number of urea groups is 1. The van der Waals surface area contributed by atoms with Crippen molar-refractivity contribution in [3.63, 3.8) is 0 Å². The third-order valence-electron chi connectivity index (χ3n) is 4.16. The quantitative estimate of drug-likeness (QED) is 0.624. The summed E-state index contributed by atoms with van der Waals surface area (Å²) in [6, 6.07) is 23.8. The summed E-state index contributed by atoms with van der Waals surface area (Å²) in [7, 11) is 0. The number of anilines is 2. The van der Waals surface area contributed by atoms with Crippen LogP contribution < -0.4 is 16.0 Å². The van der Waals surface area contributed by atoms with E-state index in [-0.39, 0.29) is 11.9 Å². The van der Waals surface area contributed by atoms with Gasteiger partial charge in [0.1, 0.15) is 0 Å². The van der Waals surface area contributed by atoms with Crippen molar-refractivity contribution >= 4 is 23.3 Å². The summed E-state index contributed by atoms with van der Waals surface area (Å²) in [5, 5.41) is 8.54. The van der Waals surface area contributed by atoms with Gasteiger partial charge in [-0.2, -0.15) is 0 Å². The standard InChI is InChI=1S/C22H21N3O2/c1-16-19(24-21(26)18-11-6-3-7-12-18)13-8-14-20(16)25-22(27)23-15-17-9-4-2-5-10-17/h2-14H,15H2,1H3,(H,24,26)(H2,23,25,27). The fraction of sp³-hybridized carbons (Fsp3) is 0.0909. The molecule has 136 valence electrons. The second-order valence-electron chi connectivity index (χ2n) is 6.09. The van der Waals surface area contributed by atoms with Gasteiger partial charge < -0.3 is 16.0 Å². The summed E-state index contributed by atoms with van der Waals surface area (Å²) in [6.45, 7) is 2.30. The summed E-state index contributed by atoms with van der Waals surface area (Å²) < 4.78 is 0. The predicted octanol–water partition coefficient (Wildman–Crippen LogP) is 4.57. The molecule has 0 radical (unpaired) electrons. The van der Waals surface area contributed by atoms with Crippen molar-refractivity contribution in [3.05, 3.63) is 95.6 Å². The maximum absolute atomic E-state index is 12.3. The lowest BCUT2D eigenvalue weighted by Crippen LogP contribution is -2.28. The molecule has 0 heterocycles. The molecular weight excluding hydrogens is 338 g/mol. The SMILES string of the molecule is Cc1c(NC(=O)NCc2ccccc2)cccc1NC(=O)c1ccccc1. The highest BCUT2D eigenvalue weighted by atomic mass is 16.2. The number of nitrogens with one attached hydrogen (secondary N) is 3.